The lowest BCUT2D eigenvalue weighted by Gasteiger charge is -2.58. The van der Waals surface area contributed by atoms with Gasteiger partial charge in [0.15, 0.2) is 0 Å². The van der Waals surface area contributed by atoms with Gasteiger partial charge in [0.25, 0.3) is 0 Å². The van der Waals surface area contributed by atoms with Crippen LogP contribution in [0.25, 0.3) is 0 Å². The number of benzene rings is 1. The number of halogens is 3. The van der Waals surface area contributed by atoms with E-state index in [2.05, 4.69) is 4.90 Å². The van der Waals surface area contributed by atoms with Crippen molar-refractivity contribution in [2.75, 3.05) is 32.8 Å². The molecule has 1 aliphatic carbocycles. The normalized spacial score (nSPS) is 26.5. The van der Waals surface area contributed by atoms with Crippen LogP contribution in [0.15, 0.2) is 24.3 Å². The Hall–Kier alpha value is -0.920. The van der Waals surface area contributed by atoms with Crippen LogP contribution in [0.2, 0.25) is 0 Å². The minimum atomic E-state index is -0.848. The fourth-order valence-electron chi connectivity index (χ4n) is 4.26. The van der Waals surface area contributed by atoms with E-state index in [1.807, 2.05) is 37.8 Å². The highest BCUT2D eigenvalue weighted by molar-refractivity contribution is 5.89. The van der Waals surface area contributed by atoms with Gasteiger partial charge in [0, 0.05) is 51.2 Å². The van der Waals surface area contributed by atoms with E-state index in [1.54, 1.807) is 0 Å². The van der Waals surface area contributed by atoms with Gasteiger partial charge in [0.05, 0.1) is 6.10 Å². The van der Waals surface area contributed by atoms with E-state index in [1.165, 1.54) is 12.1 Å². The van der Waals surface area contributed by atoms with Crippen LogP contribution in [0.3, 0.4) is 0 Å². The summed E-state index contributed by atoms with van der Waals surface area (Å²) in [5, 5.41) is 0. The lowest BCUT2D eigenvalue weighted by molar-refractivity contribution is -0.179. The quantitative estimate of drug-likeness (QED) is 0.749. The molecule has 1 amide bonds. The lowest BCUT2D eigenvalue weighted by Crippen LogP contribution is -2.76. The Kier molecular flexibility index (Phi) is 9.37. The molecule has 1 aromatic carbocycles. The first kappa shape index (κ1) is 26.1. The molecule has 2 fully saturated rings. The Morgan fingerprint density at radius 3 is 2.41 bits per heavy atom. The molecule has 1 heterocycles. The maximum atomic E-state index is 13.2. The van der Waals surface area contributed by atoms with Gasteiger partial charge in [-0.2, -0.15) is 0 Å². The van der Waals surface area contributed by atoms with Crippen molar-refractivity contribution in [3.8, 4) is 0 Å². The standard InChI is InChI=1S/C21H32FN3O2.2ClH/c1-4-27-18-14-21(23,20(18,2)3)19(26)25-11-5-10-24(12-13-25)15-16-6-8-17(22)9-7-16;;/h6-9,18H,4-5,10-15,23H2,1-3H3;2*1H. The van der Waals surface area contributed by atoms with Crippen molar-refractivity contribution in [1.29, 1.82) is 0 Å². The van der Waals surface area contributed by atoms with Crippen LogP contribution in [0, 0.1) is 11.2 Å². The highest BCUT2D eigenvalue weighted by atomic mass is 35.5. The molecule has 2 atom stereocenters. The number of amides is 1. The Morgan fingerprint density at radius 1 is 1.17 bits per heavy atom. The van der Waals surface area contributed by atoms with Crippen molar-refractivity contribution in [1.82, 2.24) is 9.80 Å². The molecular weight excluding hydrogens is 416 g/mol. The van der Waals surface area contributed by atoms with E-state index < -0.39 is 5.54 Å². The minimum Gasteiger partial charge on any atom is -0.378 e. The molecule has 2 unspecified atom stereocenters. The molecule has 2 aliphatic rings. The Balaban J connectivity index is 0.00000210. The van der Waals surface area contributed by atoms with Gasteiger partial charge >= 0.3 is 0 Å². The van der Waals surface area contributed by atoms with Crippen molar-refractivity contribution in [3.05, 3.63) is 35.6 Å². The average molecular weight is 450 g/mol. The lowest BCUT2D eigenvalue weighted by atomic mass is 9.54. The van der Waals surface area contributed by atoms with Crippen LogP contribution in [0.5, 0.6) is 0 Å². The largest absolute Gasteiger partial charge is 0.378 e. The van der Waals surface area contributed by atoms with Crippen molar-refractivity contribution in [2.45, 2.75) is 51.8 Å². The van der Waals surface area contributed by atoms with E-state index >= 15 is 0 Å². The zero-order chi connectivity index (χ0) is 19.7. The number of rotatable bonds is 5. The van der Waals surface area contributed by atoms with Crippen molar-refractivity contribution in [2.24, 2.45) is 11.1 Å². The minimum absolute atomic E-state index is 0. The second kappa shape index (κ2) is 10.4. The van der Waals surface area contributed by atoms with Gasteiger partial charge in [-0.1, -0.05) is 26.0 Å². The van der Waals surface area contributed by atoms with E-state index in [-0.39, 0.29) is 48.1 Å². The third kappa shape index (κ3) is 5.23. The number of ether oxygens (including phenoxy) is 1. The molecule has 8 heteroatoms. The van der Waals surface area contributed by atoms with Crippen LogP contribution in [0.1, 0.15) is 39.2 Å². The number of carbonyl (C=O) groups excluding carboxylic acids is 1. The molecule has 0 aromatic heterocycles. The molecule has 166 valence electrons. The smallest absolute Gasteiger partial charge is 0.243 e. The van der Waals surface area contributed by atoms with Crippen LogP contribution in [-0.4, -0.2) is 60.1 Å². The van der Waals surface area contributed by atoms with Crippen LogP contribution in [0.4, 0.5) is 4.39 Å². The monoisotopic (exact) mass is 449 g/mol. The molecule has 2 N–H and O–H groups in total. The summed E-state index contributed by atoms with van der Waals surface area (Å²) in [6, 6.07) is 6.63. The summed E-state index contributed by atoms with van der Waals surface area (Å²) < 4.78 is 18.8. The molecule has 1 aromatic rings. The topological polar surface area (TPSA) is 58.8 Å². The predicted octanol–water partition coefficient (Wildman–Crippen LogP) is 3.24. The van der Waals surface area contributed by atoms with Crippen LogP contribution in [-0.2, 0) is 16.1 Å². The van der Waals surface area contributed by atoms with Gasteiger partial charge in [-0.25, -0.2) is 4.39 Å². The summed E-state index contributed by atoms with van der Waals surface area (Å²) >= 11 is 0. The van der Waals surface area contributed by atoms with Crippen molar-refractivity contribution >= 4 is 30.7 Å². The van der Waals surface area contributed by atoms with Crippen LogP contribution >= 0.6 is 24.8 Å². The van der Waals surface area contributed by atoms with Gasteiger partial charge in [0.2, 0.25) is 5.91 Å². The second-order valence-electron chi connectivity index (χ2n) is 8.39. The molecule has 29 heavy (non-hydrogen) atoms. The summed E-state index contributed by atoms with van der Waals surface area (Å²) in [7, 11) is 0. The Bertz CT molecular complexity index is 674. The van der Waals surface area contributed by atoms with Gasteiger partial charge < -0.3 is 15.4 Å². The third-order valence-corrected chi connectivity index (χ3v) is 6.41. The van der Waals surface area contributed by atoms with Gasteiger partial charge in [-0.15, -0.1) is 24.8 Å². The zero-order valence-corrected chi connectivity index (χ0v) is 19.2. The van der Waals surface area contributed by atoms with Gasteiger partial charge in [-0.3, -0.25) is 9.69 Å². The molecular formula is C21H34Cl2FN3O2. The summed E-state index contributed by atoms with van der Waals surface area (Å²) in [5.41, 5.74) is 6.46. The Labute approximate surface area is 186 Å². The molecule has 1 aliphatic heterocycles. The predicted molar refractivity (Wildman–Crippen MR) is 118 cm³/mol. The summed E-state index contributed by atoms with van der Waals surface area (Å²) in [5.74, 6) is -0.166. The van der Waals surface area contributed by atoms with Crippen LogP contribution < -0.4 is 5.73 Å². The van der Waals surface area contributed by atoms with E-state index in [4.69, 9.17) is 10.5 Å². The summed E-state index contributed by atoms with van der Waals surface area (Å²) in [6.45, 7) is 10.6. The molecule has 0 radical (unpaired) electrons. The average Bonchev–Trinajstić information content (AvgIpc) is 2.88. The molecule has 3 rings (SSSR count). The van der Waals surface area contributed by atoms with E-state index in [9.17, 15) is 9.18 Å². The first-order chi connectivity index (χ1) is 12.8. The number of hydrogen-bond acceptors (Lipinski definition) is 4. The number of nitrogens with two attached hydrogens (primary N) is 1. The summed E-state index contributed by atoms with van der Waals surface area (Å²) in [4.78, 5) is 17.5. The molecule has 1 saturated heterocycles. The fourth-order valence-corrected chi connectivity index (χ4v) is 4.26. The van der Waals surface area contributed by atoms with E-state index in [0.717, 1.165) is 38.2 Å². The van der Waals surface area contributed by atoms with Crippen molar-refractivity contribution < 1.29 is 13.9 Å². The fraction of sp³-hybridized carbons (Fsp3) is 0.667. The number of carbonyl (C=O) groups is 1. The maximum Gasteiger partial charge on any atom is 0.243 e. The zero-order valence-electron chi connectivity index (χ0n) is 17.5. The maximum absolute atomic E-state index is 13.2. The number of hydrogen-bond donors (Lipinski definition) is 1. The molecule has 0 spiro atoms. The highest BCUT2D eigenvalue weighted by Gasteiger charge is 2.63. The Morgan fingerprint density at radius 2 is 1.83 bits per heavy atom. The first-order valence-corrected chi connectivity index (χ1v) is 9.94. The van der Waals surface area contributed by atoms with Gasteiger partial charge in [0.1, 0.15) is 11.4 Å². The van der Waals surface area contributed by atoms with E-state index in [0.29, 0.717) is 19.6 Å². The summed E-state index contributed by atoms with van der Waals surface area (Å²) in [6.07, 6.45) is 1.54. The first-order valence-electron chi connectivity index (χ1n) is 9.94. The third-order valence-electron chi connectivity index (χ3n) is 6.41. The molecule has 1 saturated carbocycles. The second-order valence-corrected chi connectivity index (χ2v) is 8.39. The molecule has 5 nitrogen and oxygen atoms in total. The highest BCUT2D eigenvalue weighted by Crippen LogP contribution is 2.50. The SMILES string of the molecule is CCOC1CC(N)(C(=O)N2CCCN(Cc3ccc(F)cc3)CC2)C1(C)C.Cl.Cl. The molecule has 0 bridgehead atoms. The van der Waals surface area contributed by atoms with Crippen molar-refractivity contribution in [3.63, 3.8) is 0 Å². The van der Waals surface area contributed by atoms with Gasteiger partial charge in [-0.05, 0) is 31.0 Å². The number of nitrogens with zero attached hydrogens (tertiary/aromatic N) is 2.